The molecule has 2 radical (unpaired) electrons. The lowest BCUT2D eigenvalue weighted by Crippen LogP contribution is -2.44. The fourth-order valence-electron chi connectivity index (χ4n) is 2.58. The van der Waals surface area contributed by atoms with E-state index in [2.05, 4.69) is 10.9 Å². The van der Waals surface area contributed by atoms with Gasteiger partial charge in [0.1, 0.15) is 6.61 Å². The summed E-state index contributed by atoms with van der Waals surface area (Å²) in [7, 11) is 5.28. The predicted molar refractivity (Wildman–Crippen MR) is 88.7 cm³/mol. The van der Waals surface area contributed by atoms with Crippen LogP contribution in [-0.4, -0.2) is 55.2 Å². The maximum Gasteiger partial charge on any atom is 0.270 e. The quantitative estimate of drug-likeness (QED) is 0.412. The zero-order valence-electron chi connectivity index (χ0n) is 13.1. The van der Waals surface area contributed by atoms with Gasteiger partial charge in [0.15, 0.2) is 5.81 Å². The van der Waals surface area contributed by atoms with E-state index in [0.29, 0.717) is 31.5 Å². The lowest BCUT2D eigenvalue weighted by atomic mass is 9.91. The van der Waals surface area contributed by atoms with E-state index in [1.165, 1.54) is 4.90 Å². The molecule has 1 heterocycles. The molecule has 0 bridgehead atoms. The highest BCUT2D eigenvalue weighted by Crippen LogP contribution is 2.27. The Morgan fingerprint density at radius 1 is 1.08 bits per heavy atom. The molecule has 3 amide bonds. The normalized spacial score (nSPS) is 14.0. The van der Waals surface area contributed by atoms with Gasteiger partial charge in [-0.15, -0.1) is 0 Å². The minimum Gasteiger partial charge on any atom is -0.386 e. The molecular formula is C16H18BN3O4. The van der Waals surface area contributed by atoms with E-state index in [-0.39, 0.29) is 0 Å². The number of amides is 3. The van der Waals surface area contributed by atoms with E-state index >= 15 is 0 Å². The van der Waals surface area contributed by atoms with Crippen molar-refractivity contribution in [2.24, 2.45) is 0 Å². The van der Waals surface area contributed by atoms with Crippen LogP contribution in [0.15, 0.2) is 35.9 Å². The van der Waals surface area contributed by atoms with E-state index in [1.54, 1.807) is 12.1 Å². The lowest BCUT2D eigenvalue weighted by Gasteiger charge is -2.29. The molecule has 0 spiro atoms. The zero-order valence-corrected chi connectivity index (χ0v) is 13.1. The molecule has 2 rings (SSSR count). The third-order valence-electron chi connectivity index (χ3n) is 3.78. The number of aliphatic hydroxyl groups excluding tert-OH is 1. The summed E-state index contributed by atoms with van der Waals surface area (Å²) in [6, 6.07) is 9.07. The van der Waals surface area contributed by atoms with Crippen molar-refractivity contribution < 1.29 is 19.5 Å². The summed E-state index contributed by atoms with van der Waals surface area (Å²) in [6.07, 6.45) is 1.04. The first-order chi connectivity index (χ1) is 11.5. The first kappa shape index (κ1) is 17.7. The number of piperidine rings is 1. The number of carbonyl (C=O) groups is 3. The highest BCUT2D eigenvalue weighted by atomic mass is 16.3. The van der Waals surface area contributed by atoms with Gasteiger partial charge < -0.3 is 10.0 Å². The Balaban J connectivity index is 2.24. The summed E-state index contributed by atoms with van der Waals surface area (Å²) < 4.78 is 0. The SMILES string of the molecule is [B]C(=O)N1CCC(=C(C(=O)NNC(=O)CO)c2ccccc2)CC1. The lowest BCUT2D eigenvalue weighted by molar-refractivity contribution is -0.128. The topological polar surface area (TPSA) is 98.7 Å². The molecule has 1 aliphatic rings. The van der Waals surface area contributed by atoms with Crippen molar-refractivity contribution in [3.8, 4) is 0 Å². The monoisotopic (exact) mass is 327 g/mol. The number of nitrogens with one attached hydrogen (secondary N) is 2. The molecule has 1 aliphatic heterocycles. The molecule has 1 fully saturated rings. The van der Waals surface area contributed by atoms with Crippen LogP contribution in [0.1, 0.15) is 18.4 Å². The highest BCUT2D eigenvalue weighted by Gasteiger charge is 2.23. The van der Waals surface area contributed by atoms with Crippen molar-refractivity contribution >= 4 is 31.0 Å². The largest absolute Gasteiger partial charge is 0.386 e. The van der Waals surface area contributed by atoms with Crippen LogP contribution in [0.5, 0.6) is 0 Å². The Morgan fingerprint density at radius 3 is 2.25 bits per heavy atom. The van der Waals surface area contributed by atoms with Gasteiger partial charge in [-0.25, -0.2) is 0 Å². The number of rotatable bonds is 3. The molecule has 0 saturated carbocycles. The Morgan fingerprint density at radius 2 is 1.71 bits per heavy atom. The third-order valence-corrected chi connectivity index (χ3v) is 3.78. The van der Waals surface area contributed by atoms with Gasteiger partial charge in [0.05, 0.1) is 0 Å². The standard InChI is InChI=1S/C16H18BN3O4/c17-16(24)20-8-6-12(7-9-20)14(11-4-2-1-3-5-11)15(23)19-18-13(22)10-21/h1-5,21H,6-10H2,(H,18,22)(H,19,23). The fourth-order valence-corrected chi connectivity index (χ4v) is 2.58. The van der Waals surface area contributed by atoms with Crippen LogP contribution in [0.25, 0.3) is 5.57 Å². The van der Waals surface area contributed by atoms with E-state index in [9.17, 15) is 14.4 Å². The van der Waals surface area contributed by atoms with E-state index in [1.807, 2.05) is 18.2 Å². The van der Waals surface area contributed by atoms with Gasteiger partial charge in [-0.2, -0.15) is 0 Å². The van der Waals surface area contributed by atoms with E-state index < -0.39 is 24.2 Å². The van der Waals surface area contributed by atoms with Crippen LogP contribution >= 0.6 is 0 Å². The Bertz CT molecular complexity index is 651. The maximum atomic E-state index is 12.5. The van der Waals surface area contributed by atoms with Crippen molar-refractivity contribution in [1.29, 1.82) is 0 Å². The fraction of sp³-hybridized carbons (Fsp3) is 0.312. The molecule has 7 nitrogen and oxygen atoms in total. The van der Waals surface area contributed by atoms with Gasteiger partial charge in [0.25, 0.3) is 11.8 Å². The molecule has 0 aliphatic carbocycles. The van der Waals surface area contributed by atoms with Crippen LogP contribution < -0.4 is 10.9 Å². The summed E-state index contributed by atoms with van der Waals surface area (Å²) in [5.41, 5.74) is 6.50. The van der Waals surface area contributed by atoms with Gasteiger partial charge in [-0.3, -0.25) is 25.2 Å². The van der Waals surface area contributed by atoms with Crippen molar-refractivity contribution in [3.63, 3.8) is 0 Å². The van der Waals surface area contributed by atoms with Gasteiger partial charge in [0.2, 0.25) is 7.85 Å². The minimum absolute atomic E-state index is 0.442. The van der Waals surface area contributed by atoms with Gasteiger partial charge >= 0.3 is 0 Å². The number of carbonyl (C=O) groups excluding carboxylic acids is 3. The smallest absolute Gasteiger partial charge is 0.270 e. The van der Waals surface area contributed by atoms with Crippen LogP contribution in [0.2, 0.25) is 0 Å². The number of hydrogen-bond donors (Lipinski definition) is 3. The van der Waals surface area contributed by atoms with E-state index in [0.717, 1.165) is 11.1 Å². The molecule has 1 saturated heterocycles. The van der Waals surface area contributed by atoms with Crippen molar-refractivity contribution in [2.75, 3.05) is 19.7 Å². The molecule has 0 unspecified atom stereocenters. The Labute approximate surface area is 141 Å². The van der Waals surface area contributed by atoms with Gasteiger partial charge in [0, 0.05) is 18.7 Å². The second-order valence-electron chi connectivity index (χ2n) is 5.33. The van der Waals surface area contributed by atoms with Gasteiger partial charge in [-0.1, -0.05) is 35.9 Å². The summed E-state index contributed by atoms with van der Waals surface area (Å²) in [5, 5.41) is 8.71. The summed E-state index contributed by atoms with van der Waals surface area (Å²) >= 11 is 0. The number of nitrogens with zero attached hydrogens (tertiary/aromatic N) is 1. The second-order valence-corrected chi connectivity index (χ2v) is 5.33. The molecule has 24 heavy (non-hydrogen) atoms. The third kappa shape index (κ3) is 4.45. The van der Waals surface area contributed by atoms with Crippen LogP contribution in [-0.2, 0) is 9.59 Å². The summed E-state index contributed by atoms with van der Waals surface area (Å²) in [4.78, 5) is 36.4. The first-order valence-corrected chi connectivity index (χ1v) is 7.54. The van der Waals surface area contributed by atoms with Crippen molar-refractivity contribution in [2.45, 2.75) is 12.8 Å². The highest BCUT2D eigenvalue weighted by molar-refractivity contribution is 6.56. The Kier molecular flexibility index (Phi) is 6.14. The average Bonchev–Trinajstić information content (AvgIpc) is 2.61. The van der Waals surface area contributed by atoms with Crippen LogP contribution in [0.4, 0.5) is 4.79 Å². The number of hydrogen-bond acceptors (Lipinski definition) is 4. The van der Waals surface area contributed by atoms with Crippen molar-refractivity contribution in [1.82, 2.24) is 15.8 Å². The van der Waals surface area contributed by atoms with Crippen molar-refractivity contribution in [3.05, 3.63) is 41.5 Å². The van der Waals surface area contributed by atoms with Gasteiger partial charge in [-0.05, 0) is 18.4 Å². The summed E-state index contributed by atoms with van der Waals surface area (Å²) in [5.74, 6) is -1.65. The predicted octanol–water partition coefficient (Wildman–Crippen LogP) is -0.0358. The zero-order chi connectivity index (χ0) is 17.5. The average molecular weight is 327 g/mol. The number of benzene rings is 1. The molecule has 3 N–H and O–H groups in total. The molecule has 8 heteroatoms. The maximum absolute atomic E-state index is 12.5. The Hall–Kier alpha value is -2.61. The minimum atomic E-state index is -0.717. The number of likely N-dealkylation sites (tertiary alicyclic amines) is 1. The molecule has 1 aromatic carbocycles. The molecular weight excluding hydrogens is 309 g/mol. The molecule has 1 aromatic rings. The first-order valence-electron chi connectivity index (χ1n) is 7.54. The molecule has 0 aromatic heterocycles. The number of hydrazine groups is 1. The second kappa shape index (κ2) is 8.30. The summed E-state index contributed by atoms with van der Waals surface area (Å²) in [6.45, 7) is 0.166. The van der Waals surface area contributed by atoms with Crippen LogP contribution in [0, 0.1) is 0 Å². The molecule has 0 atom stereocenters. The number of aliphatic hydroxyl groups is 1. The van der Waals surface area contributed by atoms with E-state index in [4.69, 9.17) is 13.0 Å². The van der Waals surface area contributed by atoms with Crippen LogP contribution in [0.3, 0.4) is 0 Å². The molecule has 124 valence electrons.